The molecular formula is H55O27W6+. The molecule has 0 spiro atoms. The van der Waals surface area contributed by atoms with Gasteiger partial charge >= 0.3 is 0 Å². The molecule has 33 heavy (non-hydrogen) atoms. The third-order valence-electron chi connectivity index (χ3n) is 0. The first-order valence-electron chi connectivity index (χ1n) is 0. The first-order chi connectivity index (χ1) is 0. The molecule has 27 nitrogen and oxygen atoms in total. The second-order valence-electron chi connectivity index (χ2n) is 0. The molecule has 0 atom stereocenters. The van der Waals surface area contributed by atoms with Crippen LogP contribution in [0.3, 0.4) is 0 Å². The number of hydrogen-bond donors (Lipinski definition) is 0. The first kappa shape index (κ1) is 4760. The quantitative estimate of drug-likeness (QED) is 0.204. The van der Waals surface area contributed by atoms with E-state index in [4.69, 9.17) is 0 Å². The van der Waals surface area contributed by atoms with E-state index >= 15 is 0 Å². The van der Waals surface area contributed by atoms with Gasteiger partial charge in [-0.1, -0.05) is 0 Å². The zero-order chi connectivity index (χ0) is 0. The van der Waals surface area contributed by atoms with Gasteiger partial charge in [-0.2, -0.15) is 0 Å². The standard InChI is InChI=1S/27H2O.6W/h27*1H2;;;;;;/p+1. The second-order valence-corrected chi connectivity index (χ2v) is 0. The van der Waals surface area contributed by atoms with Crippen LogP contribution in [0.15, 0.2) is 0 Å². The van der Waals surface area contributed by atoms with E-state index in [-0.39, 0.29) is 274 Å². The molecule has 0 aromatic carbocycles. The molecule has 0 aliphatic heterocycles. The fraction of sp³-hybridized carbons (Fsp3) is 0. The summed E-state index contributed by atoms with van der Waals surface area (Å²) < 4.78 is 0. The van der Waals surface area contributed by atoms with Crippen LogP contribution in [0.4, 0.5) is 0 Å². The maximum Gasteiger partial charge on any atom is 0 e. The Kier molecular flexibility index (Phi) is 630000. The minimum Gasteiger partial charge on any atom is -0.457 e. The monoisotopic (exact) mass is 1590 g/mol. The van der Waals surface area contributed by atoms with Gasteiger partial charge in [0.1, 0.15) is 0 Å². The van der Waals surface area contributed by atoms with Crippen molar-refractivity contribution in [2.45, 2.75) is 0 Å². The van der Waals surface area contributed by atoms with Gasteiger partial charge in [0.05, 0.1) is 0 Å². The summed E-state index contributed by atoms with van der Waals surface area (Å²) in [6.07, 6.45) is 0. The average molecular weight is 1590 g/mol. The van der Waals surface area contributed by atoms with Gasteiger partial charge in [0, 0.05) is 126 Å². The van der Waals surface area contributed by atoms with Crippen LogP contribution in [0.5, 0.6) is 0 Å². The van der Waals surface area contributed by atoms with Crippen LogP contribution in [-0.4, -0.2) is 142 Å². The maximum atomic E-state index is 0. The molecule has 0 aromatic rings. The van der Waals surface area contributed by atoms with Crippen LogP contribution < -0.4 is 0 Å². The summed E-state index contributed by atoms with van der Waals surface area (Å²) in [5, 5.41) is 0. The van der Waals surface area contributed by atoms with Gasteiger partial charge in [-0.3, -0.25) is 0 Å². The maximum absolute atomic E-state index is 0. The van der Waals surface area contributed by atoms with Crippen molar-refractivity contribution in [3.63, 3.8) is 0 Å². The first-order valence-corrected chi connectivity index (χ1v) is 0. The Balaban J connectivity index is 0. The molecule has 0 rings (SSSR count). The van der Waals surface area contributed by atoms with E-state index in [2.05, 4.69) is 0 Å². The predicted octanol–water partition coefficient (Wildman–Crippen LogP) is -22.4. The van der Waals surface area contributed by atoms with Crippen molar-refractivity contribution in [3.8, 4) is 0 Å². The molecule has 55 N–H and O–H groups in total. The topological polar surface area (TPSA) is 852 Å². The zero-order valence-electron chi connectivity index (χ0n) is 16.0. The Labute approximate surface area is 272 Å². The van der Waals surface area contributed by atoms with Crippen LogP contribution in [0.25, 0.3) is 0 Å². The summed E-state index contributed by atoms with van der Waals surface area (Å²) in [4.78, 5) is 0. The molecule has 0 saturated heterocycles. The average Bonchev–Trinajstić information content (AvgIpc) is 0. The largest absolute Gasteiger partial charge is 0.457 e. The Morgan fingerprint density at radius 1 is 0.0909 bits per heavy atom. The Morgan fingerprint density at radius 3 is 0.0909 bits per heavy atom. The minimum absolute atomic E-state index is 0. The summed E-state index contributed by atoms with van der Waals surface area (Å²) >= 11 is 0. The van der Waals surface area contributed by atoms with Crippen molar-refractivity contribution in [1.29, 1.82) is 0 Å². The van der Waals surface area contributed by atoms with Crippen LogP contribution in [0.2, 0.25) is 0 Å². The van der Waals surface area contributed by atoms with Gasteiger partial charge in [0.25, 0.3) is 0 Å². The normalized spacial score (nSPS) is 0. The van der Waals surface area contributed by atoms with Crippen LogP contribution in [-0.2, 0) is 132 Å². The van der Waals surface area contributed by atoms with Crippen LogP contribution >= 0.6 is 0 Å². The molecule has 0 radical (unpaired) electrons. The predicted molar refractivity (Wildman–Crippen MR) is 98.8 cm³/mol. The molecule has 0 saturated carbocycles. The summed E-state index contributed by atoms with van der Waals surface area (Å²) in [7, 11) is 0. The summed E-state index contributed by atoms with van der Waals surface area (Å²) in [6, 6.07) is 0. The fourth-order valence-corrected chi connectivity index (χ4v) is 0. The van der Waals surface area contributed by atoms with E-state index < -0.39 is 0 Å². The second kappa shape index (κ2) is 4370. The van der Waals surface area contributed by atoms with Gasteiger partial charge in [-0.25, -0.2) is 0 Å². The molecular weight excluding hydrogens is 1540 g/mol. The van der Waals surface area contributed by atoms with Gasteiger partial charge in [-0.15, -0.1) is 0 Å². The van der Waals surface area contributed by atoms with Crippen molar-refractivity contribution in [1.82, 2.24) is 0 Å². The Hall–Kier alpha value is 3.05. The van der Waals surface area contributed by atoms with Crippen LogP contribution in [0.1, 0.15) is 0 Å². The molecule has 0 amide bonds. The molecule has 0 fully saturated rings. The van der Waals surface area contributed by atoms with E-state index in [9.17, 15) is 0 Å². The summed E-state index contributed by atoms with van der Waals surface area (Å²) in [6.45, 7) is 0. The van der Waals surface area contributed by atoms with Crippen LogP contribution in [0, 0.1) is 0 Å². The third-order valence-corrected chi connectivity index (χ3v) is 0. The molecule has 0 aromatic heterocycles. The van der Waals surface area contributed by atoms with Gasteiger partial charge in [0.15, 0.2) is 0 Å². The van der Waals surface area contributed by atoms with E-state index in [1.54, 1.807) is 0 Å². The zero-order valence-corrected chi connectivity index (χ0v) is 33.6. The molecule has 0 bridgehead atoms. The van der Waals surface area contributed by atoms with E-state index in [1.807, 2.05) is 0 Å². The van der Waals surface area contributed by atoms with Crippen molar-refractivity contribution in [2.24, 2.45) is 0 Å². The Bertz CT molecular complexity index is 22.6. The SMILES string of the molecule is O.O.O.O.O.O.O.O.O.O.O.O.O.O.O.O.O.O.O.O.O.O.O.O.O.O.[OH3+].[W].[W].[W].[W].[W].[W]. The van der Waals surface area contributed by atoms with Crippen molar-refractivity contribution >= 4 is 0 Å². The molecule has 0 aliphatic rings. The fourth-order valence-electron chi connectivity index (χ4n) is 0. The molecule has 252 valence electrons. The summed E-state index contributed by atoms with van der Waals surface area (Å²) in [5.74, 6) is 0. The van der Waals surface area contributed by atoms with E-state index in [1.165, 1.54) is 0 Å². The Morgan fingerprint density at radius 2 is 0.0909 bits per heavy atom. The molecule has 33 heteroatoms. The van der Waals surface area contributed by atoms with Crippen molar-refractivity contribution < 1.29 is 274 Å². The van der Waals surface area contributed by atoms with Gasteiger partial charge in [0.2, 0.25) is 0 Å². The summed E-state index contributed by atoms with van der Waals surface area (Å²) in [5.41, 5.74) is 0. The molecule has 0 aliphatic carbocycles. The van der Waals surface area contributed by atoms with Crippen molar-refractivity contribution in [3.05, 3.63) is 0 Å². The third kappa shape index (κ3) is 4120. The van der Waals surface area contributed by atoms with E-state index in [0.717, 1.165) is 0 Å². The molecule has 0 unspecified atom stereocenters. The number of hydrogen-bond acceptors (Lipinski definition) is 0. The smallest absolute Gasteiger partial charge is 0 e. The van der Waals surface area contributed by atoms with Gasteiger partial charge < -0.3 is 148 Å². The van der Waals surface area contributed by atoms with E-state index in [0.29, 0.717) is 0 Å². The minimum atomic E-state index is 0. The van der Waals surface area contributed by atoms with Crippen molar-refractivity contribution in [2.75, 3.05) is 0 Å². The van der Waals surface area contributed by atoms with Gasteiger partial charge in [-0.05, 0) is 0 Å². The number of rotatable bonds is 0. The molecule has 0 heterocycles.